The first-order chi connectivity index (χ1) is 18.6. The van der Waals surface area contributed by atoms with Crippen LogP contribution in [0.1, 0.15) is 35.1 Å². The van der Waals surface area contributed by atoms with E-state index in [1.807, 2.05) is 36.4 Å². The number of hydrogen-bond donors (Lipinski definition) is 0. The predicted octanol–water partition coefficient (Wildman–Crippen LogP) is 7.09. The Kier molecular flexibility index (Phi) is 11.3. The molecule has 0 spiro atoms. The molecular weight excluding hydrogens is 490 g/mol. The predicted molar refractivity (Wildman–Crippen MR) is 160 cm³/mol. The lowest BCUT2D eigenvalue weighted by Crippen LogP contribution is -2.14. The van der Waals surface area contributed by atoms with E-state index in [1.165, 1.54) is 59.1 Å². The maximum Gasteiger partial charge on any atom is 0.123 e. The molecule has 3 aromatic carbocycles. The molecular formula is C32H41N3O2S. The highest BCUT2D eigenvalue weighted by atomic mass is 32.2. The molecule has 0 atom stereocenters. The second-order valence-electron chi connectivity index (χ2n) is 9.97. The van der Waals surface area contributed by atoms with E-state index in [-0.39, 0.29) is 0 Å². The molecule has 0 saturated carbocycles. The number of benzene rings is 3. The van der Waals surface area contributed by atoms with Gasteiger partial charge in [0.15, 0.2) is 0 Å². The molecule has 1 fully saturated rings. The van der Waals surface area contributed by atoms with Crippen molar-refractivity contribution in [1.29, 1.82) is 0 Å². The molecule has 4 aromatic rings. The highest BCUT2D eigenvalue weighted by Gasteiger charge is 2.08. The number of nitrogens with zero attached hydrogens (tertiary/aromatic N) is 3. The quantitative estimate of drug-likeness (QED) is 0.152. The molecule has 2 heterocycles. The average Bonchev–Trinajstić information content (AvgIpc) is 3.55. The van der Waals surface area contributed by atoms with Crippen molar-refractivity contribution < 1.29 is 9.47 Å². The fourth-order valence-corrected chi connectivity index (χ4v) is 5.22. The summed E-state index contributed by atoms with van der Waals surface area (Å²) in [5, 5.41) is 1.29. The van der Waals surface area contributed by atoms with E-state index in [4.69, 9.17) is 9.47 Å². The molecule has 0 N–H and O–H groups in total. The number of ether oxygens (including phenoxy) is 2. The number of rotatable bonds is 11. The Morgan fingerprint density at radius 1 is 0.816 bits per heavy atom. The van der Waals surface area contributed by atoms with Crippen molar-refractivity contribution in [3.63, 3.8) is 0 Å². The molecule has 38 heavy (non-hydrogen) atoms. The topological polar surface area (TPSA) is 29.9 Å². The van der Waals surface area contributed by atoms with Gasteiger partial charge in [-0.05, 0) is 81.3 Å². The number of aryl methyl sites for hydroxylation is 1. The molecule has 0 amide bonds. The standard InChI is InChI=1S/C27H30N2O2S.C5H11N/c1-22-16-29(21-31-18-24-11-7-4-8-12-24)27-14-13-25(15-26(22)27)19-32-28(2)20-30-17-23-9-5-3-6-10-23;1-6-4-2-3-5-6/h3-16H,17-21H2,1-2H3;2-5H2,1H3. The Labute approximate surface area is 232 Å². The van der Waals surface area contributed by atoms with Crippen LogP contribution >= 0.6 is 11.9 Å². The van der Waals surface area contributed by atoms with Gasteiger partial charge in [0.1, 0.15) is 13.5 Å². The molecule has 1 aliphatic heterocycles. The van der Waals surface area contributed by atoms with Gasteiger partial charge in [-0.1, -0.05) is 78.7 Å². The van der Waals surface area contributed by atoms with Crippen LogP contribution in [0.15, 0.2) is 85.1 Å². The fraction of sp³-hybridized carbons (Fsp3) is 0.375. The summed E-state index contributed by atoms with van der Waals surface area (Å²) >= 11 is 1.77. The van der Waals surface area contributed by atoms with Crippen LogP contribution < -0.4 is 0 Å². The molecule has 0 unspecified atom stereocenters. The molecule has 5 nitrogen and oxygen atoms in total. The third-order valence-corrected chi connectivity index (χ3v) is 7.66. The summed E-state index contributed by atoms with van der Waals surface area (Å²) in [5.41, 5.74) is 6.18. The number of likely N-dealkylation sites (tertiary alicyclic amines) is 1. The van der Waals surface area contributed by atoms with Gasteiger partial charge < -0.3 is 18.9 Å². The summed E-state index contributed by atoms with van der Waals surface area (Å²) in [5.74, 6) is 0.913. The second kappa shape index (κ2) is 15.1. The van der Waals surface area contributed by atoms with Crippen LogP contribution in [0, 0.1) is 6.92 Å². The van der Waals surface area contributed by atoms with Crippen molar-refractivity contribution in [3.05, 3.63) is 107 Å². The van der Waals surface area contributed by atoms with Gasteiger partial charge in [0.05, 0.1) is 18.7 Å². The molecule has 0 bridgehead atoms. The van der Waals surface area contributed by atoms with E-state index < -0.39 is 0 Å². The minimum Gasteiger partial charge on any atom is -0.361 e. The van der Waals surface area contributed by atoms with E-state index in [0.29, 0.717) is 26.7 Å². The Morgan fingerprint density at radius 3 is 2.05 bits per heavy atom. The maximum atomic E-state index is 5.94. The van der Waals surface area contributed by atoms with Gasteiger partial charge in [-0.2, -0.15) is 0 Å². The SMILES string of the molecule is CN1CCCC1.Cc1cn(COCc2ccccc2)c2ccc(CSN(C)COCc3ccccc3)cc12. The van der Waals surface area contributed by atoms with E-state index in [0.717, 1.165) is 5.75 Å². The zero-order valence-electron chi connectivity index (χ0n) is 23.0. The minimum absolute atomic E-state index is 0.550. The van der Waals surface area contributed by atoms with E-state index in [1.54, 1.807) is 11.9 Å². The lowest BCUT2D eigenvalue weighted by molar-refractivity contribution is 0.0667. The van der Waals surface area contributed by atoms with Gasteiger partial charge in [0.2, 0.25) is 0 Å². The Hall–Kier alpha value is -2.61. The zero-order valence-corrected chi connectivity index (χ0v) is 23.8. The molecule has 5 rings (SSSR count). The van der Waals surface area contributed by atoms with Crippen LogP contribution in [0.5, 0.6) is 0 Å². The normalized spacial score (nSPS) is 13.7. The number of aromatic nitrogens is 1. The molecule has 1 aromatic heterocycles. The van der Waals surface area contributed by atoms with Crippen molar-refractivity contribution in [2.45, 2.75) is 45.5 Å². The van der Waals surface area contributed by atoms with Gasteiger partial charge in [-0.15, -0.1) is 0 Å². The van der Waals surface area contributed by atoms with Gasteiger partial charge in [0, 0.05) is 17.3 Å². The third kappa shape index (κ3) is 9.00. The van der Waals surface area contributed by atoms with Crippen molar-refractivity contribution in [2.24, 2.45) is 0 Å². The molecule has 202 valence electrons. The smallest absolute Gasteiger partial charge is 0.123 e. The summed E-state index contributed by atoms with van der Waals surface area (Å²) in [6.07, 6.45) is 5.00. The summed E-state index contributed by atoms with van der Waals surface area (Å²) in [4.78, 5) is 2.36. The van der Waals surface area contributed by atoms with Crippen molar-refractivity contribution in [3.8, 4) is 0 Å². The Balaban J connectivity index is 0.000000494. The summed E-state index contributed by atoms with van der Waals surface area (Å²) < 4.78 is 16.1. The molecule has 6 heteroatoms. The molecule has 0 aliphatic carbocycles. The van der Waals surface area contributed by atoms with Crippen LogP contribution in [0.4, 0.5) is 0 Å². The first-order valence-electron chi connectivity index (χ1n) is 13.4. The highest BCUT2D eigenvalue weighted by molar-refractivity contribution is 7.96. The van der Waals surface area contributed by atoms with E-state index >= 15 is 0 Å². The first-order valence-corrected chi connectivity index (χ1v) is 14.4. The van der Waals surface area contributed by atoms with E-state index in [9.17, 15) is 0 Å². The zero-order chi connectivity index (χ0) is 26.6. The molecule has 1 aliphatic rings. The van der Waals surface area contributed by atoms with Crippen LogP contribution in [-0.2, 0) is 35.2 Å². The van der Waals surface area contributed by atoms with Crippen LogP contribution in [0.25, 0.3) is 10.9 Å². The van der Waals surface area contributed by atoms with Gasteiger partial charge in [-0.25, -0.2) is 4.31 Å². The van der Waals surface area contributed by atoms with E-state index in [2.05, 4.69) is 83.5 Å². The monoisotopic (exact) mass is 531 g/mol. The second-order valence-corrected chi connectivity index (χ2v) is 11.1. The number of hydrogen-bond acceptors (Lipinski definition) is 5. The minimum atomic E-state index is 0.550. The van der Waals surface area contributed by atoms with Gasteiger partial charge in [0.25, 0.3) is 0 Å². The van der Waals surface area contributed by atoms with Crippen LogP contribution in [-0.4, -0.2) is 47.7 Å². The maximum absolute atomic E-state index is 5.94. The molecule has 1 saturated heterocycles. The Morgan fingerprint density at radius 2 is 1.45 bits per heavy atom. The summed E-state index contributed by atoms with van der Waals surface area (Å²) in [7, 11) is 4.24. The van der Waals surface area contributed by atoms with Crippen molar-refractivity contribution in [2.75, 3.05) is 33.9 Å². The summed E-state index contributed by atoms with van der Waals surface area (Å²) in [6, 6.07) is 27.3. The first kappa shape index (κ1) is 28.4. The molecule has 0 radical (unpaired) electrons. The fourth-order valence-electron chi connectivity index (χ4n) is 4.52. The third-order valence-electron chi connectivity index (χ3n) is 6.65. The number of fused-ring (bicyclic) bond motifs is 1. The largest absolute Gasteiger partial charge is 0.361 e. The average molecular weight is 532 g/mol. The van der Waals surface area contributed by atoms with Crippen molar-refractivity contribution >= 4 is 22.9 Å². The van der Waals surface area contributed by atoms with Gasteiger partial charge >= 0.3 is 0 Å². The van der Waals surface area contributed by atoms with Gasteiger partial charge in [-0.3, -0.25) is 0 Å². The Bertz CT molecular complexity index is 1220. The lowest BCUT2D eigenvalue weighted by atomic mass is 10.1. The highest BCUT2D eigenvalue weighted by Crippen LogP contribution is 2.25. The lowest BCUT2D eigenvalue weighted by Gasteiger charge is -2.16. The van der Waals surface area contributed by atoms with Crippen LogP contribution in [0.3, 0.4) is 0 Å². The summed E-state index contributed by atoms with van der Waals surface area (Å²) in [6.45, 7) is 7.20. The van der Waals surface area contributed by atoms with Crippen LogP contribution in [0.2, 0.25) is 0 Å². The van der Waals surface area contributed by atoms with Crippen molar-refractivity contribution in [1.82, 2.24) is 13.8 Å².